The summed E-state index contributed by atoms with van der Waals surface area (Å²) in [6.07, 6.45) is -0.696. The Morgan fingerprint density at radius 1 is 1.38 bits per heavy atom. The number of fused-ring (bicyclic) bond motifs is 1. The molecule has 0 bridgehead atoms. The maximum absolute atomic E-state index is 12.4. The number of hydrogen-bond donors (Lipinski definition) is 2. The highest BCUT2D eigenvalue weighted by molar-refractivity contribution is 7.10. The molecule has 0 aliphatic rings. The van der Waals surface area contributed by atoms with E-state index in [0.29, 0.717) is 33.0 Å². The Morgan fingerprint density at radius 2 is 2.12 bits per heavy atom. The number of carbonyl (C=O) groups is 1. The van der Waals surface area contributed by atoms with Crippen LogP contribution < -0.4 is 10.9 Å². The monoisotopic (exact) mass is 344 g/mol. The van der Waals surface area contributed by atoms with Crippen LogP contribution in [-0.4, -0.2) is 27.4 Å². The van der Waals surface area contributed by atoms with Crippen LogP contribution in [0.5, 0.6) is 0 Å². The van der Waals surface area contributed by atoms with Crippen molar-refractivity contribution in [2.24, 2.45) is 0 Å². The topological polar surface area (TPSA) is 97.0 Å². The number of rotatable bonds is 4. The molecule has 3 rings (SSSR count). The molecule has 3 aromatic rings. The predicted molar refractivity (Wildman–Crippen MR) is 92.6 cm³/mol. The molecular formula is C16H16N4O3S. The molecule has 0 spiro atoms. The van der Waals surface area contributed by atoms with Crippen LogP contribution in [-0.2, 0) is 4.74 Å². The van der Waals surface area contributed by atoms with Crippen LogP contribution in [0.4, 0.5) is 5.00 Å². The summed E-state index contributed by atoms with van der Waals surface area (Å²) < 4.78 is 9.61. The van der Waals surface area contributed by atoms with Crippen LogP contribution in [0.1, 0.15) is 34.9 Å². The molecule has 1 aromatic carbocycles. The van der Waals surface area contributed by atoms with E-state index in [0.717, 1.165) is 0 Å². The second kappa shape index (κ2) is 6.40. The van der Waals surface area contributed by atoms with Gasteiger partial charge in [-0.25, -0.2) is 9.78 Å². The van der Waals surface area contributed by atoms with Gasteiger partial charge in [-0.05, 0) is 37.5 Å². The van der Waals surface area contributed by atoms with Crippen LogP contribution in [0, 0.1) is 6.92 Å². The van der Waals surface area contributed by atoms with Crippen molar-refractivity contribution in [3.8, 4) is 0 Å². The molecular weight excluding hydrogens is 328 g/mol. The van der Waals surface area contributed by atoms with Crippen molar-refractivity contribution in [1.29, 1.82) is 0 Å². The van der Waals surface area contributed by atoms with E-state index in [1.807, 2.05) is 0 Å². The van der Waals surface area contributed by atoms with E-state index in [1.54, 1.807) is 45.2 Å². The van der Waals surface area contributed by atoms with Crippen molar-refractivity contribution < 1.29 is 9.53 Å². The number of ether oxygens (including phenoxy) is 1. The first-order chi connectivity index (χ1) is 11.5. The van der Waals surface area contributed by atoms with E-state index in [9.17, 15) is 9.59 Å². The van der Waals surface area contributed by atoms with Gasteiger partial charge >= 0.3 is 5.97 Å². The zero-order chi connectivity index (χ0) is 17.3. The molecule has 24 heavy (non-hydrogen) atoms. The summed E-state index contributed by atoms with van der Waals surface area (Å²) in [5, 5.41) is 4.06. The Morgan fingerprint density at radius 3 is 2.88 bits per heavy atom. The first-order valence-corrected chi connectivity index (χ1v) is 8.12. The largest absolute Gasteiger partial charge is 0.451 e. The summed E-state index contributed by atoms with van der Waals surface area (Å²) in [5.41, 5.74) is 1.30. The lowest BCUT2D eigenvalue weighted by molar-refractivity contribution is 0.0320. The van der Waals surface area contributed by atoms with Gasteiger partial charge in [0, 0.05) is 7.05 Å². The summed E-state index contributed by atoms with van der Waals surface area (Å²) >= 11 is 1.20. The third-order valence-corrected chi connectivity index (χ3v) is 4.55. The fourth-order valence-electron chi connectivity index (χ4n) is 2.35. The van der Waals surface area contributed by atoms with E-state index in [4.69, 9.17) is 4.74 Å². The summed E-state index contributed by atoms with van der Waals surface area (Å²) in [6.45, 7) is 3.41. The number of H-pyrrole nitrogens is 1. The Hall–Kier alpha value is -2.74. The highest BCUT2D eigenvalue weighted by atomic mass is 32.1. The second-order valence-electron chi connectivity index (χ2n) is 5.24. The molecule has 2 N–H and O–H groups in total. The van der Waals surface area contributed by atoms with Gasteiger partial charge in [0.2, 0.25) is 0 Å². The summed E-state index contributed by atoms with van der Waals surface area (Å²) in [4.78, 5) is 31.6. The number of hydrogen-bond acceptors (Lipinski definition) is 7. The minimum atomic E-state index is -0.696. The first-order valence-electron chi connectivity index (χ1n) is 7.35. The maximum atomic E-state index is 12.4. The van der Waals surface area contributed by atoms with Crippen LogP contribution in [0.2, 0.25) is 0 Å². The molecule has 0 aliphatic carbocycles. The molecule has 0 radical (unpaired) electrons. The average Bonchev–Trinajstić information content (AvgIpc) is 2.95. The molecule has 0 saturated heterocycles. The number of nitrogens with one attached hydrogen (secondary N) is 2. The third-order valence-electron chi connectivity index (χ3n) is 3.59. The van der Waals surface area contributed by atoms with Gasteiger partial charge in [-0.2, -0.15) is 4.37 Å². The Kier molecular flexibility index (Phi) is 4.30. The molecule has 0 unspecified atom stereocenters. The molecule has 0 amide bonds. The minimum Gasteiger partial charge on any atom is -0.451 e. The average molecular weight is 344 g/mol. The van der Waals surface area contributed by atoms with Crippen molar-refractivity contribution >= 4 is 33.4 Å². The van der Waals surface area contributed by atoms with Gasteiger partial charge in [-0.15, -0.1) is 0 Å². The van der Waals surface area contributed by atoms with Crippen molar-refractivity contribution in [3.63, 3.8) is 0 Å². The fraction of sp³-hybridized carbons (Fsp3) is 0.250. The van der Waals surface area contributed by atoms with Gasteiger partial charge in [0.15, 0.2) is 11.9 Å². The molecule has 0 saturated carbocycles. The van der Waals surface area contributed by atoms with E-state index in [2.05, 4.69) is 19.7 Å². The Balaban J connectivity index is 1.90. The minimum absolute atomic E-state index is 0.261. The van der Waals surface area contributed by atoms with Gasteiger partial charge in [-0.3, -0.25) is 4.79 Å². The lowest BCUT2D eigenvalue weighted by Gasteiger charge is -2.13. The van der Waals surface area contributed by atoms with Crippen LogP contribution >= 0.6 is 11.5 Å². The molecule has 0 aliphatic heterocycles. The highest BCUT2D eigenvalue weighted by Crippen LogP contribution is 2.26. The molecule has 0 fully saturated rings. The molecule has 2 heterocycles. The number of para-hydroxylation sites is 1. The molecule has 7 nitrogen and oxygen atoms in total. The summed E-state index contributed by atoms with van der Waals surface area (Å²) in [5.74, 6) is -0.201. The van der Waals surface area contributed by atoms with Gasteiger partial charge in [-0.1, -0.05) is 12.1 Å². The number of nitrogens with zero attached hydrogens (tertiary/aromatic N) is 2. The Labute approximate surface area is 141 Å². The molecule has 1 atom stereocenters. The number of aryl methyl sites for hydroxylation is 1. The van der Waals surface area contributed by atoms with Crippen LogP contribution in [0.15, 0.2) is 29.1 Å². The number of aromatic amines is 1. The molecule has 2 aromatic heterocycles. The first kappa shape index (κ1) is 16.1. The normalized spacial score (nSPS) is 12.1. The van der Waals surface area contributed by atoms with Crippen LogP contribution in [0.3, 0.4) is 0 Å². The summed E-state index contributed by atoms with van der Waals surface area (Å²) in [6, 6.07) is 7.01. The number of carbonyl (C=O) groups excluding carboxylic acids is 1. The van der Waals surface area contributed by atoms with Gasteiger partial charge < -0.3 is 15.0 Å². The SMILES string of the molecule is CNc1snc(C)c1C(=O)O[C@@H](C)c1nc2ccccc2c(=O)[nH]1. The van der Waals surface area contributed by atoms with Crippen molar-refractivity contribution in [2.75, 3.05) is 12.4 Å². The maximum Gasteiger partial charge on any atom is 0.343 e. The van der Waals surface area contributed by atoms with Crippen molar-refractivity contribution in [2.45, 2.75) is 20.0 Å². The number of esters is 1. The zero-order valence-corrected chi connectivity index (χ0v) is 14.2. The lowest BCUT2D eigenvalue weighted by Crippen LogP contribution is -2.18. The molecule has 124 valence electrons. The predicted octanol–water partition coefficient (Wildman–Crippen LogP) is 2.65. The van der Waals surface area contributed by atoms with Crippen molar-refractivity contribution in [3.05, 3.63) is 51.7 Å². The number of aromatic nitrogens is 3. The smallest absolute Gasteiger partial charge is 0.343 e. The fourth-order valence-corrected chi connectivity index (χ4v) is 3.09. The number of anilines is 1. The van der Waals surface area contributed by atoms with Gasteiger partial charge in [0.1, 0.15) is 10.6 Å². The Bertz CT molecular complexity index is 963. The quantitative estimate of drug-likeness (QED) is 0.706. The van der Waals surface area contributed by atoms with E-state index < -0.39 is 12.1 Å². The standard InChI is InChI=1S/C16H16N4O3S/c1-8-12(15(17-3)24-20-8)16(22)23-9(2)13-18-11-7-5-4-6-10(11)14(21)19-13/h4-7,9,17H,1-3H3,(H,18,19,21)/t9-/m0/s1. The van der Waals surface area contributed by atoms with E-state index in [1.165, 1.54) is 11.5 Å². The molecule has 8 heteroatoms. The van der Waals surface area contributed by atoms with E-state index in [-0.39, 0.29) is 5.56 Å². The van der Waals surface area contributed by atoms with Gasteiger partial charge in [0.05, 0.1) is 16.6 Å². The third kappa shape index (κ3) is 2.88. The van der Waals surface area contributed by atoms with Crippen molar-refractivity contribution in [1.82, 2.24) is 14.3 Å². The van der Waals surface area contributed by atoms with E-state index >= 15 is 0 Å². The zero-order valence-electron chi connectivity index (χ0n) is 13.4. The van der Waals surface area contributed by atoms with Gasteiger partial charge in [0.25, 0.3) is 5.56 Å². The second-order valence-corrected chi connectivity index (χ2v) is 6.01. The highest BCUT2D eigenvalue weighted by Gasteiger charge is 2.23. The number of benzene rings is 1. The lowest BCUT2D eigenvalue weighted by atomic mass is 10.2. The summed E-state index contributed by atoms with van der Waals surface area (Å²) in [7, 11) is 1.72. The van der Waals surface area contributed by atoms with Crippen LogP contribution in [0.25, 0.3) is 10.9 Å².